The van der Waals surface area contributed by atoms with E-state index < -0.39 is 86.8 Å². The van der Waals surface area contributed by atoms with Gasteiger partial charge in [0.1, 0.15) is 48.8 Å². The second-order valence-corrected chi connectivity index (χ2v) is 15.9. The topological polar surface area (TPSA) is 228 Å². The molecule has 9 N–H and O–H groups in total. The van der Waals surface area contributed by atoms with Gasteiger partial charge in [0.2, 0.25) is 5.91 Å². The highest BCUT2D eigenvalue weighted by molar-refractivity contribution is 5.73. The molecule has 0 aromatic heterocycles. The quantitative estimate of drug-likeness (QED) is 0.0445. The average molecular weight is 794 g/mol. The molecular weight excluding hydrogens is 714 g/mol. The van der Waals surface area contributed by atoms with Gasteiger partial charge >= 0.3 is 0 Å². The summed E-state index contributed by atoms with van der Waals surface area (Å²) in [7, 11) is 0. The largest absolute Gasteiger partial charge is 0.394 e. The van der Waals surface area contributed by atoms with Gasteiger partial charge in [-0.15, -0.1) is 0 Å². The van der Waals surface area contributed by atoms with Crippen molar-refractivity contribution in [2.45, 2.75) is 235 Å². The summed E-state index contributed by atoms with van der Waals surface area (Å²) in [5.74, 6) is -0.381. The number of amides is 1. The molecule has 0 aromatic carbocycles. The number of aliphatic hydroxyl groups is 8. The number of carbonyl (C=O) groups is 1. The van der Waals surface area contributed by atoms with Crippen LogP contribution in [0.15, 0.2) is 0 Å². The van der Waals surface area contributed by atoms with E-state index in [2.05, 4.69) is 12.2 Å². The van der Waals surface area contributed by atoms with Crippen molar-refractivity contribution in [1.29, 1.82) is 0 Å². The highest BCUT2D eigenvalue weighted by Crippen LogP contribution is 2.30. The van der Waals surface area contributed by atoms with Gasteiger partial charge in [-0.3, -0.25) is 4.79 Å². The van der Waals surface area contributed by atoms with Crippen molar-refractivity contribution in [3.63, 3.8) is 0 Å². The molecule has 0 bridgehead atoms. The van der Waals surface area contributed by atoms with Gasteiger partial charge in [-0.1, -0.05) is 148 Å². The predicted octanol–water partition coefficient (Wildman–Crippen LogP) is 3.48. The van der Waals surface area contributed by atoms with Crippen molar-refractivity contribution in [2.75, 3.05) is 19.8 Å². The van der Waals surface area contributed by atoms with Crippen molar-refractivity contribution >= 4 is 5.91 Å². The normalized spacial score (nSPS) is 29.6. The van der Waals surface area contributed by atoms with Crippen molar-refractivity contribution < 1.29 is 64.6 Å². The van der Waals surface area contributed by atoms with E-state index in [0.717, 1.165) is 25.7 Å². The second kappa shape index (κ2) is 30.1. The lowest BCUT2D eigenvalue weighted by Crippen LogP contribution is -2.65. The highest BCUT2D eigenvalue weighted by atomic mass is 16.7. The summed E-state index contributed by atoms with van der Waals surface area (Å²) < 4.78 is 22.3. The fraction of sp³-hybridized carbons (Fsp3) is 0.976. The first-order valence-electron chi connectivity index (χ1n) is 21.7. The minimum Gasteiger partial charge on any atom is -0.394 e. The number of aliphatic hydroxyl groups excluding tert-OH is 8. The smallest absolute Gasteiger partial charge is 0.217 e. The molecule has 14 nitrogen and oxygen atoms in total. The Hall–Kier alpha value is -1.01. The molecule has 0 radical (unpaired) electrons. The van der Waals surface area contributed by atoms with Crippen LogP contribution in [0.4, 0.5) is 0 Å². The first-order valence-corrected chi connectivity index (χ1v) is 21.7. The summed E-state index contributed by atoms with van der Waals surface area (Å²) in [4.78, 5) is 11.9. The molecule has 0 aliphatic carbocycles. The van der Waals surface area contributed by atoms with Crippen LogP contribution in [-0.2, 0) is 23.7 Å². The summed E-state index contributed by atoms with van der Waals surface area (Å²) in [6.07, 6.45) is 12.2. The lowest BCUT2D eigenvalue weighted by atomic mass is 9.97. The second-order valence-electron chi connectivity index (χ2n) is 15.9. The Labute approximate surface area is 330 Å². The van der Waals surface area contributed by atoms with Crippen molar-refractivity contribution in [1.82, 2.24) is 5.32 Å². The summed E-state index contributed by atoms with van der Waals surface area (Å²) in [5, 5.41) is 85.0. The molecule has 2 fully saturated rings. The van der Waals surface area contributed by atoms with E-state index in [1.54, 1.807) is 0 Å². The Bertz CT molecular complexity index is 946. The summed E-state index contributed by atoms with van der Waals surface area (Å²) >= 11 is 0. The molecule has 2 heterocycles. The van der Waals surface area contributed by atoms with Crippen molar-refractivity contribution in [3.8, 4) is 0 Å². The van der Waals surface area contributed by atoms with Gasteiger partial charge in [0.05, 0.1) is 32.0 Å². The Kier molecular flexibility index (Phi) is 27.4. The van der Waals surface area contributed by atoms with Gasteiger partial charge < -0.3 is 65.1 Å². The van der Waals surface area contributed by atoms with E-state index in [1.165, 1.54) is 122 Å². The summed E-state index contributed by atoms with van der Waals surface area (Å²) in [5.41, 5.74) is 0. The van der Waals surface area contributed by atoms with Crippen molar-refractivity contribution in [3.05, 3.63) is 0 Å². The van der Waals surface area contributed by atoms with E-state index in [9.17, 15) is 45.6 Å². The van der Waals surface area contributed by atoms with Gasteiger partial charge in [-0.2, -0.15) is 0 Å². The molecule has 2 aliphatic rings. The number of carbonyl (C=O) groups excluding carboxylic acids is 1. The molecule has 2 saturated heterocycles. The molecule has 0 spiro atoms. The van der Waals surface area contributed by atoms with Gasteiger partial charge in [-0.05, 0) is 6.42 Å². The number of hydrogen-bond donors (Lipinski definition) is 9. The predicted molar refractivity (Wildman–Crippen MR) is 208 cm³/mol. The Morgan fingerprint density at radius 2 is 1.00 bits per heavy atom. The number of ether oxygens (including phenoxy) is 4. The van der Waals surface area contributed by atoms with Crippen LogP contribution in [0.2, 0.25) is 0 Å². The lowest BCUT2D eigenvalue weighted by Gasteiger charge is -2.46. The zero-order valence-electron chi connectivity index (χ0n) is 33.9. The summed E-state index contributed by atoms with van der Waals surface area (Å²) in [6, 6.07) is -0.823. The van der Waals surface area contributed by atoms with Crippen LogP contribution in [0.25, 0.3) is 0 Å². The number of rotatable bonds is 32. The molecular formula is C41H79NO13. The lowest BCUT2D eigenvalue weighted by molar-refractivity contribution is -0.359. The average Bonchev–Trinajstić information content (AvgIpc) is 3.17. The first kappa shape index (κ1) is 50.1. The van der Waals surface area contributed by atoms with Gasteiger partial charge in [0, 0.05) is 6.92 Å². The Balaban J connectivity index is 1.58. The maximum Gasteiger partial charge on any atom is 0.217 e. The molecule has 2 aliphatic heterocycles. The van der Waals surface area contributed by atoms with Crippen LogP contribution in [0.1, 0.15) is 162 Å². The Morgan fingerprint density at radius 3 is 1.44 bits per heavy atom. The van der Waals surface area contributed by atoms with E-state index in [1.807, 2.05) is 0 Å². The van der Waals surface area contributed by atoms with Crippen LogP contribution in [0.5, 0.6) is 0 Å². The molecule has 2 rings (SSSR count). The first-order chi connectivity index (χ1) is 26.5. The molecule has 0 saturated carbocycles. The van der Waals surface area contributed by atoms with Gasteiger partial charge in [0.15, 0.2) is 12.6 Å². The Morgan fingerprint density at radius 1 is 0.582 bits per heavy atom. The third-order valence-corrected chi connectivity index (χ3v) is 11.1. The molecule has 0 aromatic rings. The maximum atomic E-state index is 11.9. The fourth-order valence-corrected chi connectivity index (χ4v) is 7.57. The highest BCUT2D eigenvalue weighted by Gasteiger charge is 2.50. The van der Waals surface area contributed by atoms with E-state index in [-0.39, 0.29) is 12.5 Å². The standard InChI is InChI=1S/C41H79NO13/c1-3-4-5-6-7-8-9-10-11-12-13-14-15-16-17-18-19-20-21-22-23-24-25-31(46)30(42-29(2)45)28-52-40-38(51)36(49)39(33(27-44)54-40)55-41-37(50)35(48)34(47)32(26-43)53-41/h30-41,43-44,46-51H,3-28H2,1-2H3,(H,42,45). The van der Waals surface area contributed by atoms with Gasteiger partial charge in [0.25, 0.3) is 0 Å². The molecule has 12 atom stereocenters. The zero-order valence-corrected chi connectivity index (χ0v) is 33.9. The fourth-order valence-electron chi connectivity index (χ4n) is 7.57. The van der Waals surface area contributed by atoms with Crippen molar-refractivity contribution in [2.24, 2.45) is 0 Å². The third-order valence-electron chi connectivity index (χ3n) is 11.1. The summed E-state index contributed by atoms with van der Waals surface area (Å²) in [6.45, 7) is 1.93. The minimum absolute atomic E-state index is 0.259. The van der Waals surface area contributed by atoms with Crippen LogP contribution in [-0.4, -0.2) is 140 Å². The molecule has 55 heavy (non-hydrogen) atoms. The number of unbranched alkanes of at least 4 members (excludes halogenated alkanes) is 21. The zero-order chi connectivity index (χ0) is 40.4. The molecule has 1 amide bonds. The van der Waals surface area contributed by atoms with E-state index in [4.69, 9.17) is 18.9 Å². The van der Waals surface area contributed by atoms with Crippen LogP contribution in [0, 0.1) is 0 Å². The third kappa shape index (κ3) is 19.5. The van der Waals surface area contributed by atoms with Crippen LogP contribution in [0.3, 0.4) is 0 Å². The SMILES string of the molecule is CCCCCCCCCCCCCCCCCCCCCCCCC(O)C(COC1OC(CO)C(OC2OC(CO)C(O)C(O)C2O)C(O)C1O)NC(C)=O. The number of hydrogen-bond acceptors (Lipinski definition) is 13. The number of nitrogens with one attached hydrogen (secondary N) is 1. The molecule has 12 unspecified atom stereocenters. The van der Waals surface area contributed by atoms with Crippen LogP contribution >= 0.6 is 0 Å². The molecule has 14 heteroatoms. The maximum absolute atomic E-state index is 11.9. The molecule has 326 valence electrons. The van der Waals surface area contributed by atoms with Gasteiger partial charge in [-0.25, -0.2) is 0 Å². The van der Waals surface area contributed by atoms with E-state index in [0.29, 0.717) is 6.42 Å². The van der Waals surface area contributed by atoms with E-state index >= 15 is 0 Å². The van der Waals surface area contributed by atoms with Crippen LogP contribution < -0.4 is 5.32 Å². The minimum atomic E-state index is -1.77. The monoisotopic (exact) mass is 794 g/mol.